The Bertz CT molecular complexity index is 1190. The monoisotopic (exact) mass is 520 g/mol. The topological polar surface area (TPSA) is 186 Å². The van der Waals surface area contributed by atoms with Crippen LogP contribution in [0, 0.1) is 11.8 Å². The van der Waals surface area contributed by atoms with Gasteiger partial charge in [-0.25, -0.2) is 4.79 Å². The molecule has 37 heavy (non-hydrogen) atoms. The summed E-state index contributed by atoms with van der Waals surface area (Å²) in [6.45, 7) is 2.16. The van der Waals surface area contributed by atoms with Crippen molar-refractivity contribution in [2.45, 2.75) is 48.6 Å². The van der Waals surface area contributed by atoms with Crippen molar-refractivity contribution in [2.75, 3.05) is 20.3 Å². The zero-order chi connectivity index (χ0) is 27.0. The maximum Gasteiger partial charge on any atom is 0.333 e. The zero-order valence-corrected chi connectivity index (χ0v) is 20.1. The van der Waals surface area contributed by atoms with Crippen LogP contribution in [-0.2, 0) is 28.5 Å². The second kappa shape index (κ2) is 10.4. The van der Waals surface area contributed by atoms with Crippen LogP contribution in [0.3, 0.4) is 0 Å². The summed E-state index contributed by atoms with van der Waals surface area (Å²) in [4.78, 5) is 28.0. The molecular weight excluding hydrogens is 490 g/mol. The predicted molar refractivity (Wildman–Crippen MR) is 125 cm³/mol. The number of aliphatic carboxylic acids is 1. The zero-order valence-electron chi connectivity index (χ0n) is 20.1. The van der Waals surface area contributed by atoms with Gasteiger partial charge in [0.15, 0.2) is 5.60 Å². The van der Waals surface area contributed by atoms with Crippen LogP contribution in [0.25, 0.3) is 12.3 Å². The van der Waals surface area contributed by atoms with Gasteiger partial charge in [-0.2, -0.15) is 6.20 Å². The van der Waals surface area contributed by atoms with Gasteiger partial charge in [-0.15, -0.1) is 6.58 Å². The van der Waals surface area contributed by atoms with Crippen molar-refractivity contribution >= 4 is 24.3 Å². The SMILES string of the molecule is C=CC1C(OC2(CO)OC(CO)C3(C=c4cc[n-]c4=CO3)C(O)C2O)CC=C(C(=O)OC)C1CC(=O)O. The molecule has 8 atom stereocenters. The molecule has 1 aromatic heterocycles. The Labute approximate surface area is 211 Å². The number of esters is 1. The molecule has 3 aliphatic rings. The Kier molecular flexibility index (Phi) is 7.60. The fraction of sp³-hybridized carbons (Fsp3) is 0.520. The number of ether oxygens (including phenoxy) is 4. The van der Waals surface area contributed by atoms with Gasteiger partial charge in [0.25, 0.3) is 0 Å². The quantitative estimate of drug-likeness (QED) is 0.180. The molecule has 0 saturated carbocycles. The lowest BCUT2D eigenvalue weighted by Crippen LogP contribution is -2.74. The first kappa shape index (κ1) is 27.0. The molecule has 0 bridgehead atoms. The van der Waals surface area contributed by atoms with Gasteiger partial charge >= 0.3 is 11.9 Å². The first-order valence-corrected chi connectivity index (χ1v) is 11.7. The molecule has 12 nitrogen and oxygen atoms in total. The van der Waals surface area contributed by atoms with Crippen molar-refractivity contribution in [3.05, 3.63) is 47.1 Å². The summed E-state index contributed by atoms with van der Waals surface area (Å²) in [5.74, 6) is -5.73. The number of nitrogens with zero attached hydrogens (tertiary/aromatic N) is 1. The van der Waals surface area contributed by atoms with Gasteiger partial charge in [0.05, 0.1) is 32.5 Å². The lowest BCUT2D eigenvalue weighted by Gasteiger charge is -2.55. The van der Waals surface area contributed by atoms with E-state index in [1.54, 1.807) is 6.07 Å². The fourth-order valence-electron chi connectivity index (χ4n) is 5.37. The molecule has 202 valence electrons. The van der Waals surface area contributed by atoms with Gasteiger partial charge in [-0.05, 0) is 17.7 Å². The van der Waals surface area contributed by atoms with Crippen LogP contribution in [0.2, 0.25) is 0 Å². The average Bonchev–Trinajstić information content (AvgIpc) is 3.36. The summed E-state index contributed by atoms with van der Waals surface area (Å²) in [7, 11) is 1.18. The minimum Gasteiger partial charge on any atom is -0.661 e. The number of carboxylic acid groups (broad SMARTS) is 1. The Balaban J connectivity index is 1.68. The molecule has 0 amide bonds. The summed E-state index contributed by atoms with van der Waals surface area (Å²) in [6.07, 6.45) is 1.01. The lowest BCUT2D eigenvalue weighted by molar-refractivity contribution is -0.394. The van der Waals surface area contributed by atoms with Gasteiger partial charge in [-0.1, -0.05) is 23.6 Å². The number of aliphatic hydroxyl groups is 4. The number of aromatic nitrogens is 1. The van der Waals surface area contributed by atoms with E-state index in [0.717, 1.165) is 0 Å². The molecule has 12 heteroatoms. The summed E-state index contributed by atoms with van der Waals surface area (Å²) < 4.78 is 22.6. The number of methoxy groups -OCH3 is 1. The normalized spacial score (nSPS) is 36.8. The average molecular weight is 521 g/mol. The minimum absolute atomic E-state index is 0.0546. The van der Waals surface area contributed by atoms with Crippen LogP contribution in [0.1, 0.15) is 12.8 Å². The van der Waals surface area contributed by atoms with E-state index in [1.165, 1.54) is 37.8 Å². The minimum atomic E-state index is -2.23. The van der Waals surface area contributed by atoms with E-state index in [4.69, 9.17) is 18.9 Å². The van der Waals surface area contributed by atoms with Crippen LogP contribution >= 0.6 is 0 Å². The molecule has 1 spiro atoms. The molecule has 1 saturated heterocycles. The molecule has 2 aliphatic heterocycles. The van der Waals surface area contributed by atoms with E-state index < -0.39 is 79.2 Å². The highest BCUT2D eigenvalue weighted by molar-refractivity contribution is 5.90. The van der Waals surface area contributed by atoms with Crippen molar-refractivity contribution in [3.63, 3.8) is 0 Å². The van der Waals surface area contributed by atoms with Crippen molar-refractivity contribution in [2.24, 2.45) is 11.8 Å². The second-order valence-corrected chi connectivity index (χ2v) is 9.23. The van der Waals surface area contributed by atoms with Crippen molar-refractivity contribution in [1.82, 2.24) is 4.98 Å². The molecule has 8 unspecified atom stereocenters. The number of carbonyl (C=O) groups is 2. The van der Waals surface area contributed by atoms with Gasteiger partial charge in [-0.3, -0.25) is 4.79 Å². The van der Waals surface area contributed by atoms with E-state index in [-0.39, 0.29) is 12.0 Å². The highest BCUT2D eigenvalue weighted by Gasteiger charge is 2.63. The molecular formula is C25H30NO11-. The molecule has 5 N–H and O–H groups in total. The molecule has 0 aromatic carbocycles. The third-order valence-electron chi connectivity index (χ3n) is 7.26. The number of carboxylic acids is 1. The lowest BCUT2D eigenvalue weighted by atomic mass is 9.74. The first-order chi connectivity index (χ1) is 17.7. The van der Waals surface area contributed by atoms with Crippen LogP contribution in [0.15, 0.2) is 36.6 Å². The largest absolute Gasteiger partial charge is 0.661 e. The summed E-state index contributed by atoms with van der Waals surface area (Å²) >= 11 is 0. The highest BCUT2D eigenvalue weighted by Crippen LogP contribution is 2.44. The van der Waals surface area contributed by atoms with E-state index in [2.05, 4.69) is 11.6 Å². The Morgan fingerprint density at radius 1 is 1.30 bits per heavy atom. The number of carbonyl (C=O) groups excluding carboxylic acids is 1. The molecule has 3 heterocycles. The number of fused-ring (bicyclic) bond motifs is 1. The van der Waals surface area contributed by atoms with Gasteiger partial charge < -0.3 is 49.5 Å². The van der Waals surface area contributed by atoms with Crippen molar-refractivity contribution in [3.8, 4) is 0 Å². The highest BCUT2D eigenvalue weighted by atomic mass is 16.7. The third kappa shape index (κ3) is 4.49. The molecule has 4 rings (SSSR count). The standard InChI is InChI=1S/C25H30NO11/c1-3-14-16(8-20(29)30)15(23(33)34-2)4-5-18(14)36-25(12-28)22(32)21(31)24(19(10-27)37-25)9-13-6-7-26-17(13)11-35-24/h3-4,6-7,9,11,14,16,18-19,21-22,27-28,31-32H,1,5,8,10,12H2,2H3,(H,29,30)/q-1. The van der Waals surface area contributed by atoms with Gasteiger partial charge in [0.1, 0.15) is 24.9 Å². The van der Waals surface area contributed by atoms with Crippen LogP contribution in [-0.4, -0.2) is 93.6 Å². The van der Waals surface area contributed by atoms with E-state index in [9.17, 15) is 35.1 Å². The van der Waals surface area contributed by atoms with E-state index in [1.807, 2.05) is 0 Å². The van der Waals surface area contributed by atoms with Gasteiger partial charge in [0.2, 0.25) is 5.79 Å². The Morgan fingerprint density at radius 3 is 2.68 bits per heavy atom. The molecule has 1 aromatic rings. The van der Waals surface area contributed by atoms with Gasteiger partial charge in [0, 0.05) is 17.4 Å². The first-order valence-electron chi connectivity index (χ1n) is 11.7. The predicted octanol–water partition coefficient (Wildman–Crippen LogP) is -2.49. The number of hydrogen-bond donors (Lipinski definition) is 5. The van der Waals surface area contributed by atoms with E-state index >= 15 is 0 Å². The summed E-state index contributed by atoms with van der Waals surface area (Å²) in [5.41, 5.74) is -1.57. The van der Waals surface area contributed by atoms with Crippen molar-refractivity contribution < 1.29 is 54.1 Å². The smallest absolute Gasteiger partial charge is 0.333 e. The van der Waals surface area contributed by atoms with E-state index in [0.29, 0.717) is 10.6 Å². The molecule has 1 aliphatic carbocycles. The molecule has 0 radical (unpaired) electrons. The van der Waals surface area contributed by atoms with Crippen LogP contribution in [0.4, 0.5) is 0 Å². The Morgan fingerprint density at radius 2 is 2.05 bits per heavy atom. The van der Waals surface area contributed by atoms with Crippen LogP contribution < -0.4 is 15.6 Å². The molecule has 1 fully saturated rings. The summed E-state index contributed by atoms with van der Waals surface area (Å²) in [6, 6.07) is 1.67. The second-order valence-electron chi connectivity index (χ2n) is 9.23. The number of aliphatic hydroxyl groups excluding tert-OH is 4. The fourth-order valence-corrected chi connectivity index (χ4v) is 5.37. The maximum atomic E-state index is 12.3. The number of rotatable bonds is 8. The summed E-state index contributed by atoms with van der Waals surface area (Å²) in [5, 5.41) is 53.5. The third-order valence-corrected chi connectivity index (χ3v) is 7.26. The number of hydrogen-bond acceptors (Lipinski definition) is 10. The Hall–Kier alpha value is -3.00. The van der Waals surface area contributed by atoms with Crippen LogP contribution in [0.5, 0.6) is 0 Å². The maximum absolute atomic E-state index is 12.3. The van der Waals surface area contributed by atoms with Crippen molar-refractivity contribution in [1.29, 1.82) is 0 Å².